The number of carboxylic acid groups (broad SMARTS) is 1. The van der Waals surface area contributed by atoms with Crippen molar-refractivity contribution in [2.75, 3.05) is 7.11 Å². The first-order valence-electron chi connectivity index (χ1n) is 4.66. The molecule has 0 amide bonds. The van der Waals surface area contributed by atoms with E-state index in [0.717, 1.165) is 0 Å². The van der Waals surface area contributed by atoms with Gasteiger partial charge in [-0.05, 0) is 6.92 Å². The molecule has 84 valence electrons. The van der Waals surface area contributed by atoms with Crippen molar-refractivity contribution in [1.29, 1.82) is 0 Å². The summed E-state index contributed by atoms with van der Waals surface area (Å²) in [6.45, 7) is 1.75. The number of hydrogen-bond acceptors (Lipinski definition) is 4. The number of carbonyl (C=O) groups is 1. The number of ether oxygens (including phenoxy) is 1. The highest BCUT2D eigenvalue weighted by atomic mass is 16.5. The van der Waals surface area contributed by atoms with E-state index in [-0.39, 0.29) is 11.4 Å². The van der Waals surface area contributed by atoms with E-state index in [1.165, 1.54) is 13.2 Å². The average molecular weight is 221 g/mol. The van der Waals surface area contributed by atoms with Crippen molar-refractivity contribution in [3.63, 3.8) is 0 Å². The Kier molecular flexibility index (Phi) is 2.26. The van der Waals surface area contributed by atoms with E-state index in [0.29, 0.717) is 16.7 Å². The molecule has 2 aromatic heterocycles. The van der Waals surface area contributed by atoms with E-state index in [1.807, 2.05) is 0 Å². The molecular formula is C10H11N3O3. The SMILES string of the molecule is COc1cc(C(=O)O)c2c(C)nn(C)c2n1. The monoisotopic (exact) mass is 221 g/mol. The number of nitrogens with zero attached hydrogens (tertiary/aromatic N) is 3. The molecular weight excluding hydrogens is 210 g/mol. The predicted molar refractivity (Wildman–Crippen MR) is 56.8 cm³/mol. The standard InChI is InChI=1S/C10H11N3O3/c1-5-8-6(10(14)15)4-7(16-3)11-9(8)13(2)12-5/h4H,1-3H3,(H,14,15). The molecule has 16 heavy (non-hydrogen) atoms. The summed E-state index contributed by atoms with van der Waals surface area (Å²) in [4.78, 5) is 15.3. The van der Waals surface area contributed by atoms with Crippen LogP contribution in [0.1, 0.15) is 16.1 Å². The van der Waals surface area contributed by atoms with Crippen molar-refractivity contribution in [2.45, 2.75) is 6.92 Å². The third-order valence-corrected chi connectivity index (χ3v) is 2.38. The summed E-state index contributed by atoms with van der Waals surface area (Å²) < 4.78 is 6.50. The van der Waals surface area contributed by atoms with Crippen LogP contribution in [0.4, 0.5) is 0 Å². The van der Waals surface area contributed by atoms with Crippen molar-refractivity contribution in [1.82, 2.24) is 14.8 Å². The summed E-state index contributed by atoms with van der Waals surface area (Å²) in [6.07, 6.45) is 0. The summed E-state index contributed by atoms with van der Waals surface area (Å²) in [5.74, 6) is -0.741. The molecule has 6 nitrogen and oxygen atoms in total. The molecule has 0 saturated heterocycles. The zero-order valence-electron chi connectivity index (χ0n) is 9.18. The summed E-state index contributed by atoms with van der Waals surface area (Å²) >= 11 is 0. The number of fused-ring (bicyclic) bond motifs is 1. The molecule has 1 N–H and O–H groups in total. The summed E-state index contributed by atoms with van der Waals surface area (Å²) in [5.41, 5.74) is 1.31. The van der Waals surface area contributed by atoms with Gasteiger partial charge in [0.25, 0.3) is 0 Å². The normalized spacial score (nSPS) is 10.7. The Balaban J connectivity index is 2.90. The van der Waals surface area contributed by atoms with Crippen LogP contribution < -0.4 is 4.74 Å². The lowest BCUT2D eigenvalue weighted by Crippen LogP contribution is -2.01. The lowest BCUT2D eigenvalue weighted by atomic mass is 10.1. The van der Waals surface area contributed by atoms with Crippen molar-refractivity contribution >= 4 is 17.0 Å². The van der Waals surface area contributed by atoms with E-state index in [1.54, 1.807) is 18.7 Å². The molecule has 6 heteroatoms. The first kappa shape index (κ1) is 10.4. The fourth-order valence-electron chi connectivity index (χ4n) is 1.70. The number of carboxylic acids is 1. The average Bonchev–Trinajstić information content (AvgIpc) is 2.53. The van der Waals surface area contributed by atoms with Gasteiger partial charge in [0.1, 0.15) is 0 Å². The topological polar surface area (TPSA) is 77.2 Å². The molecule has 0 radical (unpaired) electrons. The molecule has 2 heterocycles. The van der Waals surface area contributed by atoms with Crippen LogP contribution in [-0.2, 0) is 7.05 Å². The van der Waals surface area contributed by atoms with Crippen LogP contribution in [0.2, 0.25) is 0 Å². The Hall–Kier alpha value is -2.11. The first-order valence-corrected chi connectivity index (χ1v) is 4.66. The van der Waals surface area contributed by atoms with E-state index < -0.39 is 5.97 Å². The van der Waals surface area contributed by atoms with E-state index >= 15 is 0 Å². The van der Waals surface area contributed by atoms with E-state index in [2.05, 4.69) is 10.1 Å². The highest BCUT2D eigenvalue weighted by Crippen LogP contribution is 2.24. The van der Waals surface area contributed by atoms with Crippen molar-refractivity contribution in [3.8, 4) is 5.88 Å². The fraction of sp³-hybridized carbons (Fsp3) is 0.300. The number of methoxy groups -OCH3 is 1. The second-order valence-electron chi connectivity index (χ2n) is 3.42. The third-order valence-electron chi connectivity index (χ3n) is 2.38. The molecule has 0 aliphatic heterocycles. The molecule has 0 aromatic carbocycles. The molecule has 0 aliphatic rings. The van der Waals surface area contributed by atoms with E-state index in [9.17, 15) is 4.79 Å². The highest BCUT2D eigenvalue weighted by molar-refractivity contribution is 6.03. The Morgan fingerprint density at radius 3 is 2.81 bits per heavy atom. The number of aromatic nitrogens is 3. The van der Waals surface area contributed by atoms with Gasteiger partial charge in [0.2, 0.25) is 5.88 Å². The first-order chi connectivity index (χ1) is 7.54. The largest absolute Gasteiger partial charge is 0.481 e. The maximum atomic E-state index is 11.1. The number of aromatic carboxylic acids is 1. The molecule has 0 spiro atoms. The maximum Gasteiger partial charge on any atom is 0.336 e. The van der Waals surface area contributed by atoms with Crippen LogP contribution >= 0.6 is 0 Å². The van der Waals surface area contributed by atoms with Gasteiger partial charge in [-0.15, -0.1) is 0 Å². The minimum atomic E-state index is -1.01. The summed E-state index contributed by atoms with van der Waals surface area (Å²) in [7, 11) is 3.16. The molecule has 2 aromatic rings. The Labute approximate surface area is 91.5 Å². The van der Waals surface area contributed by atoms with Crippen LogP contribution in [0.25, 0.3) is 11.0 Å². The number of hydrogen-bond donors (Lipinski definition) is 1. The van der Waals surface area contributed by atoms with Crippen LogP contribution in [0.3, 0.4) is 0 Å². The van der Waals surface area contributed by atoms with Crippen LogP contribution in [-0.4, -0.2) is 33.0 Å². The third kappa shape index (κ3) is 1.39. The number of rotatable bonds is 2. The Morgan fingerprint density at radius 1 is 1.56 bits per heavy atom. The van der Waals surface area contributed by atoms with Gasteiger partial charge in [0.15, 0.2) is 5.65 Å². The van der Waals surface area contributed by atoms with Gasteiger partial charge in [-0.1, -0.05) is 0 Å². The number of pyridine rings is 1. The van der Waals surface area contributed by atoms with Crippen molar-refractivity contribution in [3.05, 3.63) is 17.3 Å². The Morgan fingerprint density at radius 2 is 2.25 bits per heavy atom. The van der Waals surface area contributed by atoms with Gasteiger partial charge in [0.05, 0.1) is 23.8 Å². The quantitative estimate of drug-likeness (QED) is 0.818. The number of aryl methyl sites for hydroxylation is 2. The summed E-state index contributed by atoms with van der Waals surface area (Å²) in [5, 5.41) is 13.8. The van der Waals surface area contributed by atoms with Crippen LogP contribution in [0.15, 0.2) is 6.07 Å². The van der Waals surface area contributed by atoms with Gasteiger partial charge in [-0.3, -0.25) is 4.68 Å². The zero-order chi connectivity index (χ0) is 11.9. The van der Waals surface area contributed by atoms with Gasteiger partial charge < -0.3 is 9.84 Å². The fourth-order valence-corrected chi connectivity index (χ4v) is 1.70. The molecule has 0 saturated carbocycles. The minimum absolute atomic E-state index is 0.160. The van der Waals surface area contributed by atoms with Gasteiger partial charge >= 0.3 is 5.97 Å². The van der Waals surface area contributed by atoms with Gasteiger partial charge in [-0.25, -0.2) is 4.79 Å². The van der Waals surface area contributed by atoms with Gasteiger partial charge in [0, 0.05) is 13.1 Å². The van der Waals surface area contributed by atoms with Crippen molar-refractivity contribution < 1.29 is 14.6 Å². The second-order valence-corrected chi connectivity index (χ2v) is 3.42. The molecule has 0 bridgehead atoms. The van der Waals surface area contributed by atoms with Crippen LogP contribution in [0, 0.1) is 6.92 Å². The molecule has 0 atom stereocenters. The molecule has 0 fully saturated rings. The minimum Gasteiger partial charge on any atom is -0.481 e. The molecule has 0 aliphatic carbocycles. The highest BCUT2D eigenvalue weighted by Gasteiger charge is 2.17. The predicted octanol–water partition coefficient (Wildman–Crippen LogP) is 0.984. The summed E-state index contributed by atoms with van der Waals surface area (Å²) in [6, 6.07) is 1.40. The Bertz CT molecular complexity index is 574. The molecule has 2 rings (SSSR count). The second kappa shape index (κ2) is 3.48. The smallest absolute Gasteiger partial charge is 0.336 e. The molecule has 0 unspecified atom stereocenters. The van der Waals surface area contributed by atoms with E-state index in [4.69, 9.17) is 9.84 Å². The van der Waals surface area contributed by atoms with Crippen LogP contribution in [0.5, 0.6) is 5.88 Å². The maximum absolute atomic E-state index is 11.1. The zero-order valence-corrected chi connectivity index (χ0v) is 9.18. The van der Waals surface area contributed by atoms with Crippen molar-refractivity contribution in [2.24, 2.45) is 7.05 Å². The lowest BCUT2D eigenvalue weighted by molar-refractivity contribution is 0.0698. The lowest BCUT2D eigenvalue weighted by Gasteiger charge is -2.03. The van der Waals surface area contributed by atoms with Gasteiger partial charge in [-0.2, -0.15) is 10.1 Å².